The lowest BCUT2D eigenvalue weighted by atomic mass is 10.0. The Kier molecular flexibility index (Phi) is 8.88. The highest BCUT2D eigenvalue weighted by Gasteiger charge is 2.27. The van der Waals surface area contributed by atoms with E-state index in [1.165, 1.54) is 18.2 Å². The molecule has 0 fully saturated rings. The van der Waals surface area contributed by atoms with E-state index in [4.69, 9.17) is 27.9 Å². The summed E-state index contributed by atoms with van der Waals surface area (Å²) in [4.78, 5) is 36.4. The van der Waals surface area contributed by atoms with Crippen LogP contribution in [0.5, 0.6) is 0 Å². The van der Waals surface area contributed by atoms with Gasteiger partial charge in [-0.3, -0.25) is 9.59 Å². The van der Waals surface area contributed by atoms with Gasteiger partial charge in [-0.05, 0) is 37.5 Å². The molecule has 0 radical (unpaired) electrons. The molecule has 1 aromatic rings. The largest absolute Gasteiger partial charge is 0.454 e. The van der Waals surface area contributed by atoms with Gasteiger partial charge in [0.2, 0.25) is 0 Å². The van der Waals surface area contributed by atoms with Crippen molar-refractivity contribution in [3.8, 4) is 0 Å². The number of benzene rings is 1. The molecular formula is C18H24Cl2N2O4. The fourth-order valence-corrected chi connectivity index (χ4v) is 2.53. The minimum atomic E-state index is -0.911. The van der Waals surface area contributed by atoms with E-state index in [9.17, 15) is 14.4 Å². The van der Waals surface area contributed by atoms with Crippen LogP contribution in [-0.4, -0.2) is 36.5 Å². The van der Waals surface area contributed by atoms with Crippen LogP contribution in [0.1, 0.15) is 44.5 Å². The average Bonchev–Trinajstić information content (AvgIpc) is 2.56. The summed E-state index contributed by atoms with van der Waals surface area (Å²) >= 11 is 11.8. The van der Waals surface area contributed by atoms with Crippen LogP contribution in [0, 0.1) is 5.92 Å². The van der Waals surface area contributed by atoms with Crippen molar-refractivity contribution >= 4 is 41.0 Å². The molecule has 0 saturated heterocycles. The van der Waals surface area contributed by atoms with Crippen molar-refractivity contribution in [3.05, 3.63) is 33.8 Å². The molecule has 8 heteroatoms. The standard InChI is InChI=1S/C18H24Cl2N2O4/c1-5-11(4)21-15(23)9-26-18(25)16(10(2)3)22-17(24)13-7-6-12(19)8-14(13)20/h6-8,10-11,16H,5,9H2,1-4H3,(H,21,23)(H,22,24)/t11?,16-/m0/s1. The lowest BCUT2D eigenvalue weighted by molar-refractivity contribution is -0.151. The summed E-state index contributed by atoms with van der Waals surface area (Å²) in [6, 6.07) is 3.53. The lowest BCUT2D eigenvalue weighted by Crippen LogP contribution is -2.46. The number of halogens is 2. The third kappa shape index (κ3) is 6.84. The van der Waals surface area contributed by atoms with E-state index in [2.05, 4.69) is 10.6 Å². The zero-order valence-electron chi connectivity index (χ0n) is 15.3. The second kappa shape index (κ2) is 10.4. The molecule has 2 N–H and O–H groups in total. The number of esters is 1. The number of rotatable bonds is 8. The number of hydrogen-bond donors (Lipinski definition) is 2. The Morgan fingerprint density at radius 3 is 2.31 bits per heavy atom. The Bertz CT molecular complexity index is 665. The van der Waals surface area contributed by atoms with Crippen molar-refractivity contribution in [3.63, 3.8) is 0 Å². The summed E-state index contributed by atoms with van der Waals surface area (Å²) in [5.74, 6) is -1.83. The van der Waals surface area contributed by atoms with Crippen LogP contribution in [0.3, 0.4) is 0 Å². The number of ether oxygens (including phenoxy) is 1. The molecule has 0 aliphatic carbocycles. The molecule has 1 unspecified atom stereocenters. The van der Waals surface area contributed by atoms with Crippen LogP contribution in [-0.2, 0) is 14.3 Å². The van der Waals surface area contributed by atoms with Gasteiger partial charge in [0.25, 0.3) is 11.8 Å². The maximum absolute atomic E-state index is 12.4. The van der Waals surface area contributed by atoms with Crippen LogP contribution in [0.25, 0.3) is 0 Å². The van der Waals surface area contributed by atoms with Crippen LogP contribution in [0.4, 0.5) is 0 Å². The molecule has 2 amide bonds. The molecule has 144 valence electrons. The first kappa shape index (κ1) is 22.3. The fourth-order valence-electron chi connectivity index (χ4n) is 2.04. The van der Waals surface area contributed by atoms with E-state index in [-0.39, 0.29) is 28.5 Å². The molecule has 0 heterocycles. The number of carbonyl (C=O) groups is 3. The lowest BCUT2D eigenvalue weighted by Gasteiger charge is -2.21. The van der Waals surface area contributed by atoms with Crippen LogP contribution < -0.4 is 10.6 Å². The van der Waals surface area contributed by atoms with Gasteiger partial charge in [0.15, 0.2) is 6.61 Å². The maximum atomic E-state index is 12.4. The van der Waals surface area contributed by atoms with E-state index in [0.717, 1.165) is 6.42 Å². The number of amides is 2. The second-order valence-electron chi connectivity index (χ2n) is 6.30. The van der Waals surface area contributed by atoms with Crippen molar-refractivity contribution < 1.29 is 19.1 Å². The smallest absolute Gasteiger partial charge is 0.329 e. The Hall–Kier alpha value is -1.79. The van der Waals surface area contributed by atoms with Crippen molar-refractivity contribution in [1.29, 1.82) is 0 Å². The third-order valence-corrected chi connectivity index (χ3v) is 4.30. The first-order valence-electron chi connectivity index (χ1n) is 8.37. The molecule has 0 aliphatic rings. The van der Waals surface area contributed by atoms with E-state index < -0.39 is 24.5 Å². The summed E-state index contributed by atoms with van der Waals surface area (Å²) in [7, 11) is 0. The van der Waals surface area contributed by atoms with Crippen molar-refractivity contribution in [2.75, 3.05) is 6.61 Å². The molecule has 0 spiro atoms. The SMILES string of the molecule is CCC(C)NC(=O)COC(=O)[C@@H](NC(=O)c1ccc(Cl)cc1Cl)C(C)C. The predicted molar refractivity (Wildman–Crippen MR) is 101 cm³/mol. The monoisotopic (exact) mass is 402 g/mol. The average molecular weight is 403 g/mol. The molecule has 2 atom stereocenters. The minimum absolute atomic E-state index is 0.00570. The predicted octanol–water partition coefficient (Wildman–Crippen LogP) is 3.21. The van der Waals surface area contributed by atoms with Gasteiger partial charge in [0.05, 0.1) is 10.6 Å². The highest BCUT2D eigenvalue weighted by atomic mass is 35.5. The van der Waals surface area contributed by atoms with E-state index in [0.29, 0.717) is 5.02 Å². The summed E-state index contributed by atoms with van der Waals surface area (Å²) in [5.41, 5.74) is 0.198. The normalized spacial score (nSPS) is 13.0. The van der Waals surface area contributed by atoms with Gasteiger partial charge in [0.1, 0.15) is 6.04 Å². The fraction of sp³-hybridized carbons (Fsp3) is 0.500. The highest BCUT2D eigenvalue weighted by Crippen LogP contribution is 2.21. The zero-order chi connectivity index (χ0) is 19.9. The number of nitrogens with one attached hydrogen (secondary N) is 2. The third-order valence-electron chi connectivity index (χ3n) is 3.75. The summed E-state index contributed by atoms with van der Waals surface area (Å²) < 4.78 is 5.04. The van der Waals surface area contributed by atoms with Crippen molar-refractivity contribution in [1.82, 2.24) is 10.6 Å². The Morgan fingerprint density at radius 2 is 1.77 bits per heavy atom. The first-order valence-corrected chi connectivity index (χ1v) is 9.13. The van der Waals surface area contributed by atoms with Crippen LogP contribution >= 0.6 is 23.2 Å². The summed E-state index contributed by atoms with van der Waals surface area (Å²) in [5, 5.41) is 5.88. The molecular weight excluding hydrogens is 379 g/mol. The second-order valence-corrected chi connectivity index (χ2v) is 7.15. The molecule has 0 saturated carbocycles. The van der Waals surface area contributed by atoms with Gasteiger partial charge in [-0.1, -0.05) is 44.0 Å². The molecule has 1 rings (SSSR count). The number of hydrogen-bond acceptors (Lipinski definition) is 4. The molecule has 1 aromatic carbocycles. The topological polar surface area (TPSA) is 84.5 Å². The Balaban J connectivity index is 2.71. The van der Waals surface area contributed by atoms with E-state index in [1.807, 2.05) is 13.8 Å². The Morgan fingerprint density at radius 1 is 1.12 bits per heavy atom. The zero-order valence-corrected chi connectivity index (χ0v) is 16.8. The van der Waals surface area contributed by atoms with Crippen molar-refractivity contribution in [2.24, 2.45) is 5.92 Å². The minimum Gasteiger partial charge on any atom is -0.454 e. The van der Waals surface area contributed by atoms with Gasteiger partial charge in [-0.15, -0.1) is 0 Å². The molecule has 0 bridgehead atoms. The van der Waals surface area contributed by atoms with E-state index in [1.54, 1.807) is 13.8 Å². The quantitative estimate of drug-likeness (QED) is 0.653. The summed E-state index contributed by atoms with van der Waals surface area (Å²) in [6.45, 7) is 6.91. The summed E-state index contributed by atoms with van der Waals surface area (Å²) in [6.07, 6.45) is 0.770. The van der Waals surface area contributed by atoms with Crippen molar-refractivity contribution in [2.45, 2.75) is 46.2 Å². The first-order chi connectivity index (χ1) is 12.1. The maximum Gasteiger partial charge on any atom is 0.329 e. The molecule has 0 aromatic heterocycles. The van der Waals surface area contributed by atoms with E-state index >= 15 is 0 Å². The van der Waals surface area contributed by atoms with Gasteiger partial charge in [-0.25, -0.2) is 4.79 Å². The van der Waals surface area contributed by atoms with Gasteiger partial charge < -0.3 is 15.4 Å². The van der Waals surface area contributed by atoms with Gasteiger partial charge >= 0.3 is 5.97 Å². The van der Waals surface area contributed by atoms with Crippen LogP contribution in [0.2, 0.25) is 10.0 Å². The Labute approximate surface area is 163 Å². The van der Waals surface area contributed by atoms with Gasteiger partial charge in [0, 0.05) is 11.1 Å². The molecule has 26 heavy (non-hydrogen) atoms. The molecule has 6 nitrogen and oxygen atoms in total. The van der Waals surface area contributed by atoms with Gasteiger partial charge in [-0.2, -0.15) is 0 Å². The highest BCUT2D eigenvalue weighted by molar-refractivity contribution is 6.36. The molecule has 0 aliphatic heterocycles. The number of carbonyl (C=O) groups excluding carboxylic acids is 3. The van der Waals surface area contributed by atoms with Crippen LogP contribution in [0.15, 0.2) is 18.2 Å².